The van der Waals surface area contributed by atoms with E-state index in [-0.39, 0.29) is 30.1 Å². The second kappa shape index (κ2) is 12.5. The summed E-state index contributed by atoms with van der Waals surface area (Å²) in [5.74, 6) is 1.24. The molecule has 1 saturated heterocycles. The minimum atomic E-state index is -0.213. The Bertz CT molecular complexity index is 984. The average Bonchev–Trinajstić information content (AvgIpc) is 2.87. The Kier molecular flexibility index (Phi) is 9.09. The molecule has 0 aromatic carbocycles. The monoisotopic (exact) mass is 495 g/mol. The second-order valence-electron chi connectivity index (χ2n) is 10.4. The molecule has 36 heavy (non-hydrogen) atoms. The fourth-order valence-electron chi connectivity index (χ4n) is 5.00. The summed E-state index contributed by atoms with van der Waals surface area (Å²) in [7, 11) is 2.11. The summed E-state index contributed by atoms with van der Waals surface area (Å²) < 4.78 is 0. The van der Waals surface area contributed by atoms with Crippen molar-refractivity contribution < 1.29 is 9.90 Å². The van der Waals surface area contributed by atoms with Crippen LogP contribution in [-0.2, 0) is 0 Å². The number of aliphatic hydroxyl groups excluding tert-OH is 1. The van der Waals surface area contributed by atoms with Gasteiger partial charge in [-0.15, -0.1) is 0 Å². The van der Waals surface area contributed by atoms with Crippen molar-refractivity contribution in [3.63, 3.8) is 0 Å². The van der Waals surface area contributed by atoms with Crippen molar-refractivity contribution in [2.24, 2.45) is 0 Å². The maximum absolute atomic E-state index is 12.8. The van der Waals surface area contributed by atoms with Crippen molar-refractivity contribution in [1.82, 2.24) is 25.2 Å². The van der Waals surface area contributed by atoms with E-state index in [1.165, 1.54) is 0 Å². The SMILES string of the molecule is CCC[C@H](C)Nc1ncc(-c2ccc(C(=O)NC3CCN(C)CC3)cn2)c(NC2CCC(O)CC2)n1. The van der Waals surface area contributed by atoms with E-state index in [4.69, 9.17) is 4.98 Å². The fraction of sp³-hybridized carbons (Fsp3) is 0.630. The lowest BCUT2D eigenvalue weighted by molar-refractivity contribution is 0.0916. The highest BCUT2D eigenvalue weighted by molar-refractivity contribution is 5.94. The highest BCUT2D eigenvalue weighted by Crippen LogP contribution is 2.29. The summed E-state index contributed by atoms with van der Waals surface area (Å²) in [6, 6.07) is 4.41. The number of nitrogens with zero attached hydrogens (tertiary/aromatic N) is 4. The highest BCUT2D eigenvalue weighted by atomic mass is 16.3. The van der Waals surface area contributed by atoms with Crippen LogP contribution in [0, 0.1) is 0 Å². The summed E-state index contributed by atoms with van der Waals surface area (Å²) >= 11 is 0. The Morgan fingerprint density at radius 1 is 1.08 bits per heavy atom. The molecule has 2 aromatic rings. The zero-order valence-corrected chi connectivity index (χ0v) is 21.8. The van der Waals surface area contributed by atoms with Crippen LogP contribution in [0.4, 0.5) is 11.8 Å². The van der Waals surface area contributed by atoms with Gasteiger partial charge >= 0.3 is 0 Å². The van der Waals surface area contributed by atoms with E-state index in [0.717, 1.165) is 81.5 Å². The lowest BCUT2D eigenvalue weighted by atomic mass is 9.93. The zero-order valence-electron chi connectivity index (χ0n) is 21.8. The summed E-state index contributed by atoms with van der Waals surface area (Å²) in [6.07, 6.45) is 10.6. The number of amides is 1. The van der Waals surface area contributed by atoms with Crippen LogP contribution in [0.5, 0.6) is 0 Å². The minimum absolute atomic E-state index is 0.0802. The topological polar surface area (TPSA) is 115 Å². The van der Waals surface area contributed by atoms with Gasteiger partial charge in [0, 0.05) is 30.5 Å². The first-order chi connectivity index (χ1) is 17.4. The smallest absolute Gasteiger partial charge is 0.253 e. The largest absolute Gasteiger partial charge is 0.393 e. The molecule has 2 fully saturated rings. The number of anilines is 2. The van der Waals surface area contributed by atoms with Gasteiger partial charge in [0.15, 0.2) is 0 Å². The molecule has 1 amide bonds. The van der Waals surface area contributed by atoms with Crippen molar-refractivity contribution in [2.45, 2.75) is 89.4 Å². The lowest BCUT2D eigenvalue weighted by Gasteiger charge is -2.29. The van der Waals surface area contributed by atoms with Crippen molar-refractivity contribution in [2.75, 3.05) is 30.8 Å². The number of piperidine rings is 1. The molecule has 2 aromatic heterocycles. The number of likely N-dealkylation sites (tertiary alicyclic amines) is 1. The predicted molar refractivity (Wildman–Crippen MR) is 143 cm³/mol. The van der Waals surface area contributed by atoms with Crippen molar-refractivity contribution in [3.05, 3.63) is 30.1 Å². The van der Waals surface area contributed by atoms with Crippen LogP contribution in [0.25, 0.3) is 11.3 Å². The number of pyridine rings is 1. The van der Waals surface area contributed by atoms with Crippen molar-refractivity contribution in [1.29, 1.82) is 0 Å². The van der Waals surface area contributed by atoms with Crippen LogP contribution >= 0.6 is 0 Å². The van der Waals surface area contributed by atoms with Gasteiger partial charge in [-0.2, -0.15) is 4.98 Å². The third-order valence-electron chi connectivity index (χ3n) is 7.28. The van der Waals surface area contributed by atoms with E-state index in [2.05, 4.69) is 51.7 Å². The number of carbonyl (C=O) groups is 1. The normalized spacial score (nSPS) is 22.1. The predicted octanol–water partition coefficient (Wildman–Crippen LogP) is 3.68. The van der Waals surface area contributed by atoms with Gasteiger partial charge in [0.05, 0.1) is 22.9 Å². The molecule has 0 bridgehead atoms. The number of hydrogen-bond acceptors (Lipinski definition) is 8. The Hall–Kier alpha value is -2.78. The molecule has 9 heteroatoms. The number of aromatic nitrogens is 3. The lowest BCUT2D eigenvalue weighted by Crippen LogP contribution is -2.43. The van der Waals surface area contributed by atoms with Crippen LogP contribution in [0.1, 0.15) is 75.6 Å². The number of aliphatic hydroxyl groups is 1. The fourth-order valence-corrected chi connectivity index (χ4v) is 5.00. The highest BCUT2D eigenvalue weighted by Gasteiger charge is 2.23. The van der Waals surface area contributed by atoms with Gasteiger partial charge < -0.3 is 26.0 Å². The molecule has 1 aliphatic heterocycles. The number of nitrogens with one attached hydrogen (secondary N) is 3. The van der Waals surface area contributed by atoms with E-state index in [9.17, 15) is 9.90 Å². The van der Waals surface area contributed by atoms with Crippen molar-refractivity contribution >= 4 is 17.7 Å². The molecule has 1 atom stereocenters. The third kappa shape index (κ3) is 7.13. The van der Waals surface area contributed by atoms with Gasteiger partial charge in [0.1, 0.15) is 5.82 Å². The Balaban J connectivity index is 1.50. The van der Waals surface area contributed by atoms with E-state index in [1.807, 2.05) is 12.1 Å². The second-order valence-corrected chi connectivity index (χ2v) is 10.4. The molecule has 4 N–H and O–H groups in total. The van der Waals surface area contributed by atoms with E-state index in [1.54, 1.807) is 12.4 Å². The van der Waals surface area contributed by atoms with Gasteiger partial charge in [-0.05, 0) is 84.1 Å². The molecule has 196 valence electrons. The number of rotatable bonds is 9. The first-order valence-electron chi connectivity index (χ1n) is 13.4. The first-order valence-corrected chi connectivity index (χ1v) is 13.4. The number of carbonyl (C=O) groups excluding carboxylic acids is 1. The standard InChI is InChI=1S/C27H41N7O2/c1-4-5-18(2)30-27-29-17-23(25(33-27)31-20-7-9-22(35)10-8-20)24-11-6-19(16-28-24)26(36)32-21-12-14-34(3)15-13-21/h6,11,16-18,20-22,35H,4-5,7-10,12-15H2,1-3H3,(H,32,36)(H2,29,30,31,33)/t18-,20?,22?/m0/s1. The van der Waals surface area contributed by atoms with Gasteiger partial charge in [-0.25, -0.2) is 4.98 Å². The zero-order chi connectivity index (χ0) is 25.5. The molecule has 3 heterocycles. The molecule has 0 radical (unpaired) electrons. The molecule has 4 rings (SSSR count). The number of hydrogen-bond donors (Lipinski definition) is 4. The van der Waals surface area contributed by atoms with E-state index in [0.29, 0.717) is 11.5 Å². The van der Waals surface area contributed by atoms with Crippen LogP contribution in [-0.4, -0.2) is 75.2 Å². The molecular formula is C27H41N7O2. The Morgan fingerprint density at radius 3 is 2.50 bits per heavy atom. The molecule has 1 saturated carbocycles. The molecular weight excluding hydrogens is 454 g/mol. The summed E-state index contributed by atoms with van der Waals surface area (Å²) in [5, 5.41) is 20.0. The van der Waals surface area contributed by atoms with Gasteiger partial charge in [-0.3, -0.25) is 9.78 Å². The average molecular weight is 496 g/mol. The summed E-state index contributed by atoms with van der Waals surface area (Å²) in [4.78, 5) is 29.0. The van der Waals surface area contributed by atoms with E-state index >= 15 is 0 Å². The van der Waals surface area contributed by atoms with E-state index < -0.39 is 0 Å². The molecule has 0 unspecified atom stereocenters. The quantitative estimate of drug-likeness (QED) is 0.416. The molecule has 2 aliphatic rings. The third-order valence-corrected chi connectivity index (χ3v) is 7.28. The van der Waals surface area contributed by atoms with Gasteiger partial charge in [-0.1, -0.05) is 13.3 Å². The minimum Gasteiger partial charge on any atom is -0.393 e. The Morgan fingerprint density at radius 2 is 1.83 bits per heavy atom. The van der Waals surface area contributed by atoms with Crippen LogP contribution in [0.2, 0.25) is 0 Å². The van der Waals surface area contributed by atoms with Crippen LogP contribution in [0.15, 0.2) is 24.5 Å². The molecule has 0 spiro atoms. The molecule has 1 aliphatic carbocycles. The van der Waals surface area contributed by atoms with Crippen molar-refractivity contribution in [3.8, 4) is 11.3 Å². The molecule has 9 nitrogen and oxygen atoms in total. The van der Waals surface area contributed by atoms with Crippen LogP contribution < -0.4 is 16.0 Å². The Labute approximate surface area is 214 Å². The summed E-state index contributed by atoms with van der Waals surface area (Å²) in [5.41, 5.74) is 2.08. The maximum atomic E-state index is 12.8. The van der Waals surface area contributed by atoms with Crippen LogP contribution in [0.3, 0.4) is 0 Å². The van der Waals surface area contributed by atoms with Gasteiger partial charge in [0.25, 0.3) is 5.91 Å². The first kappa shape index (κ1) is 26.3. The maximum Gasteiger partial charge on any atom is 0.253 e. The van der Waals surface area contributed by atoms with Gasteiger partial charge in [0.2, 0.25) is 5.95 Å². The summed E-state index contributed by atoms with van der Waals surface area (Å²) in [6.45, 7) is 6.29.